The minimum absolute atomic E-state index is 0.0307. The van der Waals surface area contributed by atoms with Crippen LogP contribution >= 0.6 is 0 Å². The van der Waals surface area contributed by atoms with E-state index in [1.807, 2.05) is 5.94 Å². The summed E-state index contributed by atoms with van der Waals surface area (Å²) in [6.07, 6.45) is 3.57. The number of hydrazone groups is 1. The number of hydrogen-bond donors (Lipinski definition) is 2. The first kappa shape index (κ1) is 29.2. The van der Waals surface area contributed by atoms with E-state index in [4.69, 9.17) is 9.47 Å². The van der Waals surface area contributed by atoms with E-state index < -0.39 is 17.5 Å². The van der Waals surface area contributed by atoms with Crippen molar-refractivity contribution in [3.8, 4) is 34.2 Å². The van der Waals surface area contributed by atoms with Crippen LogP contribution < -0.4 is 15.5 Å². The maximum Gasteiger partial charge on any atom is 0.407 e. The molecule has 1 aliphatic carbocycles. The van der Waals surface area contributed by atoms with Gasteiger partial charge in [-0.3, -0.25) is 10.1 Å². The molecule has 43 heavy (non-hydrogen) atoms. The molecule has 12 heteroatoms. The van der Waals surface area contributed by atoms with Gasteiger partial charge >= 0.3 is 6.09 Å². The lowest BCUT2D eigenvalue weighted by Gasteiger charge is -2.22. The Labute approximate surface area is 246 Å². The number of halogens is 2. The highest BCUT2D eigenvalue weighted by Gasteiger charge is 2.30. The molecule has 220 valence electrons. The van der Waals surface area contributed by atoms with Gasteiger partial charge in [-0.15, -0.1) is 0 Å². The Morgan fingerprint density at radius 2 is 2.02 bits per heavy atom. The maximum absolute atomic E-state index is 16.0. The van der Waals surface area contributed by atoms with Gasteiger partial charge in [-0.05, 0) is 57.4 Å². The van der Waals surface area contributed by atoms with Crippen molar-refractivity contribution in [1.82, 2.24) is 20.5 Å². The van der Waals surface area contributed by atoms with Crippen LogP contribution in [0.15, 0.2) is 41.9 Å². The molecule has 0 radical (unpaired) electrons. The van der Waals surface area contributed by atoms with Crippen molar-refractivity contribution in [3.05, 3.63) is 64.9 Å². The number of fused-ring (bicyclic) bond motifs is 1. The Balaban J connectivity index is 1.62. The fourth-order valence-corrected chi connectivity index (χ4v) is 4.68. The molecule has 0 spiro atoms. The van der Waals surface area contributed by atoms with Crippen molar-refractivity contribution in [2.45, 2.75) is 45.3 Å². The quantitative estimate of drug-likeness (QED) is 0.362. The summed E-state index contributed by atoms with van der Waals surface area (Å²) in [5.74, 6) is 1.17. The lowest BCUT2D eigenvalue weighted by Crippen LogP contribution is -2.37. The van der Waals surface area contributed by atoms with E-state index in [2.05, 4.69) is 27.0 Å². The van der Waals surface area contributed by atoms with Gasteiger partial charge in [-0.1, -0.05) is 12.1 Å². The Bertz CT molecular complexity index is 1770. The van der Waals surface area contributed by atoms with Gasteiger partial charge in [0.2, 0.25) is 0 Å². The fraction of sp³-hybridized carbons (Fsp3) is 0.290. The minimum atomic E-state index is -0.810. The van der Waals surface area contributed by atoms with Crippen LogP contribution in [0.3, 0.4) is 0 Å². The van der Waals surface area contributed by atoms with E-state index >= 15 is 4.39 Å². The van der Waals surface area contributed by atoms with E-state index in [1.165, 1.54) is 16.9 Å². The third kappa shape index (κ3) is 6.03. The van der Waals surface area contributed by atoms with Crippen LogP contribution in [-0.4, -0.2) is 45.8 Å². The molecule has 1 aliphatic heterocycles. The van der Waals surface area contributed by atoms with Crippen LogP contribution in [0.25, 0.3) is 34.2 Å². The number of nitriles is 1. The van der Waals surface area contributed by atoms with Crippen molar-refractivity contribution in [1.29, 1.82) is 5.26 Å². The van der Waals surface area contributed by atoms with Crippen LogP contribution in [0, 0.1) is 17.1 Å². The molecule has 0 atom stereocenters. The first-order valence-electron chi connectivity index (χ1n) is 13.5. The molecule has 1 amide bonds. The summed E-state index contributed by atoms with van der Waals surface area (Å²) < 4.78 is 41.9. The Kier molecular flexibility index (Phi) is 7.85. The van der Waals surface area contributed by atoms with Crippen LogP contribution in [0.2, 0.25) is 0 Å². The summed E-state index contributed by atoms with van der Waals surface area (Å²) in [5, 5.41) is 21.4. The predicted molar refractivity (Wildman–Crippen MR) is 156 cm³/mol. The van der Waals surface area contributed by atoms with Crippen molar-refractivity contribution in [2.24, 2.45) is 12.1 Å². The van der Waals surface area contributed by atoms with Gasteiger partial charge in [-0.25, -0.2) is 18.4 Å². The van der Waals surface area contributed by atoms with Crippen LogP contribution in [0.5, 0.6) is 5.75 Å². The van der Waals surface area contributed by atoms with Crippen molar-refractivity contribution < 1.29 is 27.8 Å². The molecule has 2 aromatic carbocycles. The zero-order valence-electron chi connectivity index (χ0n) is 23.9. The van der Waals surface area contributed by atoms with Gasteiger partial charge < -0.3 is 14.8 Å². The summed E-state index contributed by atoms with van der Waals surface area (Å²) in [6, 6.07) is 8.49. The second-order valence-electron chi connectivity index (χ2n) is 11.0. The number of nitrogens with one attached hydrogen (secondary N) is 2. The van der Waals surface area contributed by atoms with Gasteiger partial charge in [0.1, 0.15) is 34.5 Å². The average Bonchev–Trinajstić information content (AvgIpc) is 3.70. The topological polar surface area (TPSA) is 131 Å². The molecule has 1 fully saturated rings. The molecule has 0 unspecified atom stereocenters. The fourth-order valence-electron chi connectivity index (χ4n) is 4.68. The van der Waals surface area contributed by atoms with E-state index in [-0.39, 0.29) is 52.8 Å². The summed E-state index contributed by atoms with van der Waals surface area (Å²) in [4.78, 5) is 23.9. The summed E-state index contributed by atoms with van der Waals surface area (Å²) in [6.45, 7) is 5.19. The smallest absolute Gasteiger partial charge is 0.407 e. The lowest BCUT2D eigenvalue weighted by molar-refractivity contribution is 0.0536. The highest BCUT2D eigenvalue weighted by molar-refractivity contribution is 6.11. The molecule has 2 heterocycles. The molecule has 5 rings (SSSR count). The van der Waals surface area contributed by atoms with Gasteiger partial charge in [0.05, 0.1) is 42.1 Å². The zero-order chi connectivity index (χ0) is 30.9. The van der Waals surface area contributed by atoms with Gasteiger partial charge in [0.25, 0.3) is 0 Å². The third-order valence-corrected chi connectivity index (χ3v) is 6.72. The Hall–Kier alpha value is -5.27. The predicted octanol–water partition coefficient (Wildman–Crippen LogP) is 5.25. The first-order valence-corrected chi connectivity index (χ1v) is 13.5. The number of carbonyl (C=O) groups is 1. The molecule has 1 aromatic heterocycles. The summed E-state index contributed by atoms with van der Waals surface area (Å²) in [7, 11) is 1.60. The monoisotopic (exact) mass is 586 g/mol. The number of carbonyl (C=O) groups excluding carboxylic acids is 2. The molecule has 2 N–H and O–H groups in total. The number of nitrogens with zero attached hydrogens (tertiary/aromatic N) is 4. The number of amides is 1. The maximum atomic E-state index is 16.0. The van der Waals surface area contributed by atoms with Crippen LogP contribution in [0.4, 0.5) is 13.6 Å². The van der Waals surface area contributed by atoms with Crippen molar-refractivity contribution in [3.63, 3.8) is 0 Å². The highest BCUT2D eigenvalue weighted by atomic mass is 19.1. The molecule has 10 nitrogen and oxygen atoms in total. The molecule has 0 bridgehead atoms. The van der Waals surface area contributed by atoms with E-state index in [1.54, 1.807) is 46.0 Å². The largest absolute Gasteiger partial charge is 0.489 e. The number of ether oxygens (including phenoxy) is 2. The number of alkyl carbamates (subject to hydrolysis) is 1. The second kappa shape index (κ2) is 11.5. The standard InChI is InChI=1S/C31H28F2N6O4/c1-31(2,3)43-30(41)35-15-24-21-11-17(5-8-20(21)25(16-40)38-37-24)23-14-36-39(4)29(23)27-22(13-34)26(42-19-6-7-19)12-18(9-10-32)28(27)33/h5,8-12,14,19,38H,6-7,15H2,1-4H3,(H,35,41)/b10-9+. The number of hydrogen-bond acceptors (Lipinski definition) is 8. The Morgan fingerprint density at radius 1 is 1.26 bits per heavy atom. The molecule has 0 saturated heterocycles. The van der Waals surface area contributed by atoms with E-state index in [0.29, 0.717) is 28.0 Å². The van der Waals surface area contributed by atoms with E-state index in [0.717, 1.165) is 18.9 Å². The summed E-state index contributed by atoms with van der Waals surface area (Å²) >= 11 is 0. The average molecular weight is 587 g/mol. The number of rotatable bonds is 7. The van der Waals surface area contributed by atoms with E-state index in [9.17, 15) is 19.2 Å². The zero-order valence-corrected chi connectivity index (χ0v) is 23.9. The molecule has 2 aliphatic rings. The molecule has 1 saturated carbocycles. The normalized spacial score (nSPS) is 14.3. The third-order valence-electron chi connectivity index (χ3n) is 6.72. The summed E-state index contributed by atoms with van der Waals surface area (Å²) in [5.41, 5.74) is 4.49. The molecule has 3 aromatic rings. The number of benzene rings is 2. The number of aryl methyl sites for hydroxylation is 1. The number of aromatic nitrogens is 2. The first-order chi connectivity index (χ1) is 20.5. The lowest BCUT2D eigenvalue weighted by atomic mass is 9.91. The SMILES string of the molecule is Cn1ncc(-c2ccc3c(c2)C(CNC(=O)OC(C)(C)C)=NNC3=C=O)c1-c1c(F)c(/C=C/F)cc(OC2CC2)c1C#N. The van der Waals surface area contributed by atoms with Crippen molar-refractivity contribution >= 4 is 29.5 Å². The van der Waals surface area contributed by atoms with Gasteiger partial charge in [0, 0.05) is 29.3 Å². The highest BCUT2D eigenvalue weighted by Crippen LogP contribution is 2.42. The van der Waals surface area contributed by atoms with Gasteiger partial charge in [-0.2, -0.15) is 15.5 Å². The second-order valence-corrected chi connectivity index (χ2v) is 11.0. The van der Waals surface area contributed by atoms with Gasteiger partial charge in [0.15, 0.2) is 5.94 Å². The molecular formula is C31H28F2N6O4. The van der Waals surface area contributed by atoms with Crippen LogP contribution in [0.1, 0.15) is 55.9 Å². The Morgan fingerprint density at radius 3 is 2.67 bits per heavy atom. The molecular weight excluding hydrogens is 558 g/mol. The van der Waals surface area contributed by atoms with Crippen molar-refractivity contribution in [2.75, 3.05) is 6.54 Å². The minimum Gasteiger partial charge on any atom is -0.489 e. The van der Waals surface area contributed by atoms with Crippen LogP contribution in [-0.2, 0) is 16.6 Å².